The molecule has 2 N–H and O–H groups in total. The van der Waals surface area contributed by atoms with Crippen molar-refractivity contribution in [3.63, 3.8) is 0 Å². The average Bonchev–Trinajstić information content (AvgIpc) is 2.28. The van der Waals surface area contributed by atoms with Crippen molar-refractivity contribution in [2.24, 2.45) is 5.73 Å². The summed E-state index contributed by atoms with van der Waals surface area (Å²) in [5.74, 6) is 0.675. The highest BCUT2D eigenvalue weighted by Gasteiger charge is 2.29. The van der Waals surface area contributed by atoms with Crippen LogP contribution in [-0.4, -0.2) is 36.6 Å². The quantitative estimate of drug-likeness (QED) is 0.845. The van der Waals surface area contributed by atoms with Gasteiger partial charge in [-0.05, 0) is 33.9 Å². The van der Waals surface area contributed by atoms with Gasteiger partial charge in [-0.3, -0.25) is 4.90 Å². The smallest absolute Gasteiger partial charge is 0.218 e. The molecule has 0 aliphatic rings. The van der Waals surface area contributed by atoms with E-state index in [0.717, 1.165) is 12.1 Å². The third-order valence-corrected chi connectivity index (χ3v) is 3.14. The minimum atomic E-state index is -0.159. The van der Waals surface area contributed by atoms with Crippen molar-refractivity contribution >= 4 is 0 Å². The molecule has 0 amide bonds. The number of nitrogens with zero attached hydrogens (tertiary/aromatic N) is 2. The molecule has 0 saturated heterocycles. The van der Waals surface area contributed by atoms with Gasteiger partial charge in [-0.1, -0.05) is 6.07 Å². The second-order valence-electron chi connectivity index (χ2n) is 4.98. The molecule has 0 spiro atoms. The molecule has 1 aromatic heterocycles. The van der Waals surface area contributed by atoms with E-state index in [4.69, 9.17) is 10.5 Å². The minimum absolute atomic E-state index is 0.141. The first-order valence-electron chi connectivity index (χ1n) is 5.86. The summed E-state index contributed by atoms with van der Waals surface area (Å²) in [7, 11) is 3.71. The Balaban J connectivity index is 3.02. The van der Waals surface area contributed by atoms with Crippen LogP contribution in [0, 0.1) is 0 Å². The molecule has 0 unspecified atom stereocenters. The van der Waals surface area contributed by atoms with Crippen molar-refractivity contribution < 1.29 is 4.74 Å². The van der Waals surface area contributed by atoms with Crippen molar-refractivity contribution in [3.05, 3.63) is 23.9 Å². The molecule has 1 atom stereocenters. The lowest BCUT2D eigenvalue weighted by Crippen LogP contribution is -2.44. The number of hydrogen-bond acceptors (Lipinski definition) is 4. The van der Waals surface area contributed by atoms with Crippen LogP contribution in [0.5, 0.6) is 5.88 Å². The summed E-state index contributed by atoms with van der Waals surface area (Å²) >= 11 is 0. The first-order chi connectivity index (χ1) is 7.89. The zero-order chi connectivity index (χ0) is 13.1. The lowest BCUT2D eigenvalue weighted by molar-refractivity contribution is 0.145. The third-order valence-electron chi connectivity index (χ3n) is 3.14. The van der Waals surface area contributed by atoms with Gasteiger partial charge in [0.05, 0.1) is 7.11 Å². The summed E-state index contributed by atoms with van der Waals surface area (Å²) in [6, 6.07) is 4.12. The van der Waals surface area contributed by atoms with Gasteiger partial charge in [-0.15, -0.1) is 0 Å². The molecule has 0 aromatic carbocycles. The second-order valence-corrected chi connectivity index (χ2v) is 4.98. The van der Waals surface area contributed by atoms with Gasteiger partial charge in [0.15, 0.2) is 0 Å². The van der Waals surface area contributed by atoms with E-state index in [1.54, 1.807) is 13.3 Å². The van der Waals surface area contributed by atoms with Gasteiger partial charge in [0, 0.05) is 29.9 Å². The van der Waals surface area contributed by atoms with Gasteiger partial charge >= 0.3 is 0 Å². The molecule has 4 nitrogen and oxygen atoms in total. The fourth-order valence-electron chi connectivity index (χ4n) is 1.88. The zero-order valence-electron chi connectivity index (χ0n) is 11.4. The Kier molecular flexibility index (Phi) is 4.48. The second kappa shape index (κ2) is 5.47. The normalized spacial score (nSPS) is 13.8. The van der Waals surface area contributed by atoms with Crippen LogP contribution in [-0.2, 0) is 5.54 Å². The van der Waals surface area contributed by atoms with E-state index in [9.17, 15) is 0 Å². The summed E-state index contributed by atoms with van der Waals surface area (Å²) in [4.78, 5) is 6.46. The number of rotatable bonds is 5. The molecule has 0 aliphatic carbocycles. The Labute approximate surface area is 104 Å². The highest BCUT2D eigenvalue weighted by molar-refractivity contribution is 5.32. The fourth-order valence-corrected chi connectivity index (χ4v) is 1.88. The largest absolute Gasteiger partial charge is 0.481 e. The maximum absolute atomic E-state index is 5.85. The van der Waals surface area contributed by atoms with Gasteiger partial charge in [0.25, 0.3) is 0 Å². The van der Waals surface area contributed by atoms with E-state index in [1.165, 1.54) is 0 Å². The fraction of sp³-hybridized carbons (Fsp3) is 0.615. The van der Waals surface area contributed by atoms with Gasteiger partial charge in [-0.2, -0.15) is 0 Å². The Bertz CT molecular complexity index is 363. The van der Waals surface area contributed by atoms with Crippen LogP contribution < -0.4 is 10.5 Å². The van der Waals surface area contributed by atoms with E-state index in [0.29, 0.717) is 5.88 Å². The van der Waals surface area contributed by atoms with E-state index < -0.39 is 0 Å². The van der Waals surface area contributed by atoms with Gasteiger partial charge < -0.3 is 10.5 Å². The maximum Gasteiger partial charge on any atom is 0.218 e. The summed E-state index contributed by atoms with van der Waals surface area (Å²) in [5.41, 5.74) is 6.77. The number of methoxy groups -OCH3 is 1. The molecule has 1 rings (SSSR count). The lowest BCUT2D eigenvalue weighted by Gasteiger charge is -2.37. The number of pyridine rings is 1. The first-order valence-corrected chi connectivity index (χ1v) is 5.86. The van der Waals surface area contributed by atoms with Crippen LogP contribution in [0.2, 0.25) is 0 Å². The summed E-state index contributed by atoms with van der Waals surface area (Å²) in [5, 5.41) is 0. The minimum Gasteiger partial charge on any atom is -0.481 e. The summed E-state index contributed by atoms with van der Waals surface area (Å²) < 4.78 is 5.32. The summed E-state index contributed by atoms with van der Waals surface area (Å²) in [6.07, 6.45) is 1.74. The van der Waals surface area contributed by atoms with Gasteiger partial charge in [0.2, 0.25) is 5.88 Å². The van der Waals surface area contributed by atoms with Crippen LogP contribution in [0.3, 0.4) is 0 Å². The molecular formula is C13H23N3O. The van der Waals surface area contributed by atoms with Crippen molar-refractivity contribution in [1.29, 1.82) is 0 Å². The lowest BCUT2D eigenvalue weighted by atomic mass is 9.93. The van der Waals surface area contributed by atoms with E-state index in [1.807, 2.05) is 19.1 Å². The number of nitrogens with two attached hydrogens (primary N) is 1. The van der Waals surface area contributed by atoms with Crippen LogP contribution in [0.4, 0.5) is 0 Å². The van der Waals surface area contributed by atoms with Crippen LogP contribution in [0.15, 0.2) is 18.3 Å². The number of likely N-dealkylation sites (N-methyl/N-ethyl adjacent to an activating group) is 1. The van der Waals surface area contributed by atoms with Crippen molar-refractivity contribution in [3.8, 4) is 5.88 Å². The van der Waals surface area contributed by atoms with E-state index >= 15 is 0 Å². The predicted octanol–water partition coefficient (Wildman–Crippen LogP) is 1.60. The van der Waals surface area contributed by atoms with Crippen LogP contribution in [0.1, 0.15) is 26.3 Å². The Morgan fingerprint density at radius 2 is 2.18 bits per heavy atom. The summed E-state index contributed by atoms with van der Waals surface area (Å²) in [6.45, 7) is 7.13. The van der Waals surface area contributed by atoms with E-state index in [2.05, 4.69) is 30.8 Å². The zero-order valence-corrected chi connectivity index (χ0v) is 11.4. The topological polar surface area (TPSA) is 51.4 Å². The Morgan fingerprint density at radius 1 is 1.53 bits per heavy atom. The van der Waals surface area contributed by atoms with Crippen molar-refractivity contribution in [2.45, 2.75) is 32.4 Å². The third kappa shape index (κ3) is 3.17. The maximum atomic E-state index is 5.85. The highest BCUT2D eigenvalue weighted by Crippen LogP contribution is 2.32. The molecule has 0 aliphatic heterocycles. The first kappa shape index (κ1) is 13.9. The van der Waals surface area contributed by atoms with Crippen LogP contribution >= 0.6 is 0 Å². The molecule has 0 fully saturated rings. The van der Waals surface area contributed by atoms with Gasteiger partial charge in [-0.25, -0.2) is 4.98 Å². The van der Waals surface area contributed by atoms with Crippen molar-refractivity contribution in [1.82, 2.24) is 9.88 Å². The highest BCUT2D eigenvalue weighted by atomic mass is 16.5. The molecule has 0 saturated carbocycles. The SMILES string of the molecule is COc1ncccc1C(C)(C)N(C)C[C@H](C)N. The number of ether oxygens (including phenoxy) is 1. The number of hydrogen-bond donors (Lipinski definition) is 1. The van der Waals surface area contributed by atoms with Gasteiger partial charge in [0.1, 0.15) is 0 Å². The molecule has 1 aromatic rings. The van der Waals surface area contributed by atoms with Crippen molar-refractivity contribution in [2.75, 3.05) is 20.7 Å². The Morgan fingerprint density at radius 3 is 2.71 bits per heavy atom. The molecule has 4 heteroatoms. The van der Waals surface area contributed by atoms with E-state index in [-0.39, 0.29) is 11.6 Å². The molecule has 0 radical (unpaired) electrons. The molecule has 17 heavy (non-hydrogen) atoms. The molecule has 1 heterocycles. The Hall–Kier alpha value is -1.13. The van der Waals surface area contributed by atoms with Crippen LogP contribution in [0.25, 0.3) is 0 Å². The molecule has 0 bridgehead atoms. The molecular weight excluding hydrogens is 214 g/mol. The number of aromatic nitrogens is 1. The predicted molar refractivity (Wildman–Crippen MR) is 70.1 cm³/mol. The molecule has 96 valence electrons. The average molecular weight is 237 g/mol. The standard InChI is InChI=1S/C13H23N3O/c1-10(14)9-16(4)13(2,3)11-7-6-8-15-12(11)17-5/h6-8,10H,9,14H2,1-5H3/t10-/m0/s1. The monoisotopic (exact) mass is 237 g/mol.